The van der Waals surface area contributed by atoms with Gasteiger partial charge in [0.15, 0.2) is 6.29 Å². The summed E-state index contributed by atoms with van der Waals surface area (Å²) in [7, 11) is 1.65. The van der Waals surface area contributed by atoms with Crippen LogP contribution in [0.3, 0.4) is 0 Å². The highest BCUT2D eigenvalue weighted by Gasteiger charge is 2.15. The minimum atomic E-state index is -0.491. The van der Waals surface area contributed by atoms with Crippen LogP contribution < -0.4 is 4.74 Å². The van der Waals surface area contributed by atoms with E-state index in [-0.39, 0.29) is 5.69 Å². The van der Waals surface area contributed by atoms with Crippen molar-refractivity contribution in [2.45, 2.75) is 6.92 Å². The molecule has 0 aliphatic rings. The van der Waals surface area contributed by atoms with Gasteiger partial charge in [0, 0.05) is 19.2 Å². The van der Waals surface area contributed by atoms with Crippen molar-refractivity contribution in [3.63, 3.8) is 0 Å². The van der Waals surface area contributed by atoms with Crippen molar-refractivity contribution in [2.75, 3.05) is 0 Å². The Bertz CT molecular complexity index is 631. The van der Waals surface area contributed by atoms with Crippen molar-refractivity contribution in [1.82, 2.24) is 9.78 Å². The van der Waals surface area contributed by atoms with Gasteiger partial charge in [0.25, 0.3) is 5.69 Å². The lowest BCUT2D eigenvalue weighted by Gasteiger charge is -2.05. The minimum Gasteiger partial charge on any atom is -0.439 e. The molecule has 1 aromatic heterocycles. The Morgan fingerprint density at radius 1 is 1.37 bits per heavy atom. The number of aldehydes is 1. The van der Waals surface area contributed by atoms with Crippen molar-refractivity contribution in [3.8, 4) is 11.6 Å². The van der Waals surface area contributed by atoms with Crippen molar-refractivity contribution in [1.29, 1.82) is 0 Å². The first-order valence-corrected chi connectivity index (χ1v) is 5.44. The van der Waals surface area contributed by atoms with Gasteiger partial charge >= 0.3 is 0 Å². The van der Waals surface area contributed by atoms with Crippen molar-refractivity contribution >= 4 is 12.0 Å². The molecular weight excluding hydrogens is 250 g/mol. The Labute approximate surface area is 108 Å². The molecule has 0 bridgehead atoms. The zero-order chi connectivity index (χ0) is 14.0. The highest BCUT2D eigenvalue weighted by molar-refractivity contribution is 5.80. The predicted octanol–water partition coefficient (Wildman–Crippen LogP) is 2.24. The van der Waals surface area contributed by atoms with Gasteiger partial charge in [0.1, 0.15) is 5.75 Å². The number of ether oxygens (including phenoxy) is 1. The fraction of sp³-hybridized carbons (Fsp3) is 0.167. The summed E-state index contributed by atoms with van der Waals surface area (Å²) >= 11 is 0. The summed E-state index contributed by atoms with van der Waals surface area (Å²) in [5, 5.41) is 14.6. The van der Waals surface area contributed by atoms with Crippen LogP contribution in [0.2, 0.25) is 0 Å². The van der Waals surface area contributed by atoms with E-state index in [0.29, 0.717) is 29.2 Å². The Kier molecular flexibility index (Phi) is 3.28. The third kappa shape index (κ3) is 2.44. The zero-order valence-electron chi connectivity index (χ0n) is 10.4. The number of hydrogen-bond donors (Lipinski definition) is 0. The van der Waals surface area contributed by atoms with Gasteiger partial charge in [-0.15, -0.1) is 0 Å². The van der Waals surface area contributed by atoms with E-state index in [1.807, 2.05) is 0 Å². The summed E-state index contributed by atoms with van der Waals surface area (Å²) in [6, 6.07) is 5.60. The number of benzene rings is 1. The molecule has 0 unspecified atom stereocenters. The summed E-state index contributed by atoms with van der Waals surface area (Å²) in [5.74, 6) is 0.707. The molecule has 7 nitrogen and oxygen atoms in total. The van der Waals surface area contributed by atoms with Crippen molar-refractivity contribution in [2.24, 2.45) is 7.05 Å². The van der Waals surface area contributed by atoms with E-state index in [1.54, 1.807) is 14.0 Å². The van der Waals surface area contributed by atoms with Crippen LogP contribution in [-0.4, -0.2) is 21.0 Å². The number of non-ortho nitro benzene ring substituents is 1. The fourth-order valence-electron chi connectivity index (χ4n) is 1.66. The van der Waals surface area contributed by atoms with Gasteiger partial charge in [0.2, 0.25) is 5.88 Å². The monoisotopic (exact) mass is 261 g/mol. The summed E-state index contributed by atoms with van der Waals surface area (Å²) in [4.78, 5) is 21.0. The second-order valence-corrected chi connectivity index (χ2v) is 3.90. The number of aryl methyl sites for hydroxylation is 2. The molecule has 19 heavy (non-hydrogen) atoms. The highest BCUT2D eigenvalue weighted by Crippen LogP contribution is 2.27. The van der Waals surface area contributed by atoms with Crippen LogP contribution in [0.1, 0.15) is 16.1 Å². The Morgan fingerprint density at radius 2 is 2.00 bits per heavy atom. The number of nitro groups is 1. The molecule has 0 N–H and O–H groups in total. The van der Waals surface area contributed by atoms with E-state index < -0.39 is 4.92 Å². The Morgan fingerprint density at radius 3 is 2.53 bits per heavy atom. The number of carbonyl (C=O) groups excluding carboxylic acids is 1. The molecule has 0 aliphatic heterocycles. The molecule has 2 aromatic rings. The second-order valence-electron chi connectivity index (χ2n) is 3.90. The zero-order valence-corrected chi connectivity index (χ0v) is 10.4. The molecule has 7 heteroatoms. The van der Waals surface area contributed by atoms with Crippen LogP contribution in [0.5, 0.6) is 11.6 Å². The number of hydrogen-bond acceptors (Lipinski definition) is 5. The van der Waals surface area contributed by atoms with E-state index in [1.165, 1.54) is 28.9 Å². The molecule has 0 amide bonds. The van der Waals surface area contributed by atoms with E-state index in [4.69, 9.17) is 4.74 Å². The number of rotatable bonds is 4. The molecule has 1 aromatic carbocycles. The minimum absolute atomic E-state index is 0.0239. The van der Waals surface area contributed by atoms with Crippen LogP contribution in [0.4, 0.5) is 5.69 Å². The van der Waals surface area contributed by atoms with E-state index in [0.717, 1.165) is 0 Å². The van der Waals surface area contributed by atoms with Gasteiger partial charge in [-0.05, 0) is 19.1 Å². The van der Waals surface area contributed by atoms with Crippen molar-refractivity contribution in [3.05, 3.63) is 45.6 Å². The molecule has 0 fully saturated rings. The average molecular weight is 261 g/mol. The molecule has 1 heterocycles. The molecule has 2 rings (SSSR count). The van der Waals surface area contributed by atoms with Gasteiger partial charge in [-0.25, -0.2) is 4.68 Å². The standard InChI is InChI=1S/C12H11N3O4/c1-8-11(7-16)12(14(2)13-8)19-10-5-3-9(4-6-10)15(17)18/h3-7H,1-2H3. The number of nitrogens with zero attached hydrogens (tertiary/aromatic N) is 3. The summed E-state index contributed by atoms with van der Waals surface area (Å²) in [5.41, 5.74) is 0.902. The smallest absolute Gasteiger partial charge is 0.269 e. The normalized spacial score (nSPS) is 10.2. The number of nitro benzene ring substituents is 1. The van der Waals surface area contributed by atoms with Crippen LogP contribution in [0.25, 0.3) is 0 Å². The molecule has 0 saturated heterocycles. The van der Waals surface area contributed by atoms with Gasteiger partial charge in [-0.2, -0.15) is 5.10 Å². The fourth-order valence-corrected chi connectivity index (χ4v) is 1.66. The van der Waals surface area contributed by atoms with Gasteiger partial charge in [-0.1, -0.05) is 0 Å². The lowest BCUT2D eigenvalue weighted by Crippen LogP contribution is -1.97. The van der Waals surface area contributed by atoms with E-state index in [2.05, 4.69) is 5.10 Å². The van der Waals surface area contributed by atoms with Gasteiger partial charge in [0.05, 0.1) is 16.2 Å². The first-order chi connectivity index (χ1) is 9.02. The third-order valence-corrected chi connectivity index (χ3v) is 2.59. The maximum absolute atomic E-state index is 11.0. The SMILES string of the molecule is Cc1nn(C)c(Oc2ccc([N+](=O)[O-])cc2)c1C=O. The maximum Gasteiger partial charge on any atom is 0.269 e. The molecule has 0 radical (unpaired) electrons. The van der Waals surface area contributed by atoms with Gasteiger partial charge in [-0.3, -0.25) is 14.9 Å². The lowest BCUT2D eigenvalue weighted by molar-refractivity contribution is -0.384. The summed E-state index contributed by atoms with van der Waals surface area (Å²) < 4.78 is 6.98. The van der Waals surface area contributed by atoms with Crippen LogP contribution in [-0.2, 0) is 7.05 Å². The van der Waals surface area contributed by atoms with Crippen LogP contribution in [0, 0.1) is 17.0 Å². The van der Waals surface area contributed by atoms with E-state index in [9.17, 15) is 14.9 Å². The third-order valence-electron chi connectivity index (χ3n) is 2.59. The quantitative estimate of drug-likeness (QED) is 0.478. The second kappa shape index (κ2) is 4.89. The predicted molar refractivity (Wildman–Crippen MR) is 66.5 cm³/mol. The largest absolute Gasteiger partial charge is 0.439 e. The molecule has 98 valence electrons. The molecular formula is C12H11N3O4. The highest BCUT2D eigenvalue weighted by atomic mass is 16.6. The molecule has 0 aliphatic carbocycles. The number of aromatic nitrogens is 2. The van der Waals surface area contributed by atoms with Gasteiger partial charge < -0.3 is 4.74 Å². The Balaban J connectivity index is 2.31. The lowest BCUT2D eigenvalue weighted by atomic mass is 10.3. The summed E-state index contributed by atoms with van der Waals surface area (Å²) in [6.45, 7) is 1.70. The summed E-state index contributed by atoms with van der Waals surface area (Å²) in [6.07, 6.45) is 0.670. The first-order valence-electron chi connectivity index (χ1n) is 5.44. The van der Waals surface area contributed by atoms with Crippen molar-refractivity contribution < 1.29 is 14.5 Å². The van der Waals surface area contributed by atoms with Crippen LogP contribution in [0.15, 0.2) is 24.3 Å². The maximum atomic E-state index is 11.0. The number of carbonyl (C=O) groups is 1. The molecule has 0 atom stereocenters. The molecule has 0 spiro atoms. The Hall–Kier alpha value is -2.70. The average Bonchev–Trinajstić information content (AvgIpc) is 2.64. The molecule has 0 saturated carbocycles. The van der Waals surface area contributed by atoms with Crippen LogP contribution >= 0.6 is 0 Å². The van der Waals surface area contributed by atoms with E-state index >= 15 is 0 Å². The topological polar surface area (TPSA) is 87.3 Å². The first kappa shape index (κ1) is 12.7.